The van der Waals surface area contributed by atoms with Crippen molar-refractivity contribution in [2.45, 2.75) is 11.8 Å². The fourth-order valence-electron chi connectivity index (χ4n) is 1.55. The molecule has 5 heteroatoms. The average Bonchev–Trinajstić information content (AvgIpc) is 2.42. The second kappa shape index (κ2) is 6.52. The van der Waals surface area contributed by atoms with Gasteiger partial charge in [0.05, 0.1) is 5.75 Å². The first-order valence-electron chi connectivity index (χ1n) is 5.99. The summed E-state index contributed by atoms with van der Waals surface area (Å²) in [5, 5.41) is 2.53. The van der Waals surface area contributed by atoms with Gasteiger partial charge in [0.1, 0.15) is 0 Å². The van der Waals surface area contributed by atoms with Gasteiger partial charge in [0.2, 0.25) is 5.91 Å². The highest BCUT2D eigenvalue weighted by atomic mass is 32.2. The molecule has 2 rings (SSSR count). The van der Waals surface area contributed by atoms with Crippen LogP contribution in [0.3, 0.4) is 0 Å². The first-order valence-corrected chi connectivity index (χ1v) is 6.97. The molecule has 0 aliphatic heterocycles. The van der Waals surface area contributed by atoms with Crippen LogP contribution in [0.25, 0.3) is 0 Å². The van der Waals surface area contributed by atoms with Crippen LogP contribution in [-0.4, -0.2) is 11.7 Å². The van der Waals surface area contributed by atoms with Crippen molar-refractivity contribution in [3.63, 3.8) is 0 Å². The molecule has 0 radical (unpaired) electrons. The Balaban J connectivity index is 1.89. The van der Waals surface area contributed by atoms with E-state index in [0.29, 0.717) is 0 Å². The Morgan fingerprint density at radius 2 is 1.80 bits per heavy atom. The highest BCUT2D eigenvalue weighted by Crippen LogP contribution is 2.19. The highest BCUT2D eigenvalue weighted by Gasteiger charge is 2.06. The van der Waals surface area contributed by atoms with E-state index < -0.39 is 11.6 Å². The molecule has 0 unspecified atom stereocenters. The van der Waals surface area contributed by atoms with Gasteiger partial charge in [-0.3, -0.25) is 4.79 Å². The zero-order valence-corrected chi connectivity index (χ0v) is 11.6. The van der Waals surface area contributed by atoms with E-state index in [1.54, 1.807) is 0 Å². The molecule has 20 heavy (non-hydrogen) atoms. The van der Waals surface area contributed by atoms with Crippen LogP contribution in [0.5, 0.6) is 0 Å². The summed E-state index contributed by atoms with van der Waals surface area (Å²) in [6.45, 7) is 1.99. The summed E-state index contributed by atoms with van der Waals surface area (Å²) in [7, 11) is 0. The molecule has 0 aliphatic carbocycles. The van der Waals surface area contributed by atoms with Gasteiger partial charge in [0, 0.05) is 16.6 Å². The molecule has 0 heterocycles. The van der Waals surface area contributed by atoms with Crippen molar-refractivity contribution in [1.82, 2.24) is 0 Å². The second-order valence-electron chi connectivity index (χ2n) is 4.28. The number of carbonyl (C=O) groups is 1. The third-order valence-electron chi connectivity index (χ3n) is 2.59. The molecule has 0 aromatic heterocycles. The largest absolute Gasteiger partial charge is 0.325 e. The maximum Gasteiger partial charge on any atom is 0.234 e. The van der Waals surface area contributed by atoms with E-state index >= 15 is 0 Å². The Bertz CT molecular complexity index is 614. The van der Waals surface area contributed by atoms with Crippen molar-refractivity contribution in [2.24, 2.45) is 0 Å². The number of aryl methyl sites for hydroxylation is 1. The Kier molecular flexibility index (Phi) is 4.74. The van der Waals surface area contributed by atoms with Crippen LogP contribution >= 0.6 is 11.8 Å². The van der Waals surface area contributed by atoms with Crippen LogP contribution in [0.15, 0.2) is 47.4 Å². The molecule has 2 nitrogen and oxygen atoms in total. The maximum atomic E-state index is 13.0. The molecule has 2 aromatic rings. The van der Waals surface area contributed by atoms with Crippen molar-refractivity contribution >= 4 is 23.4 Å². The number of anilines is 1. The zero-order valence-electron chi connectivity index (χ0n) is 10.8. The van der Waals surface area contributed by atoms with Crippen molar-refractivity contribution in [2.75, 3.05) is 11.1 Å². The van der Waals surface area contributed by atoms with Gasteiger partial charge in [-0.05, 0) is 31.2 Å². The average molecular weight is 293 g/mol. The predicted octanol–water partition coefficient (Wildman–Crippen LogP) is 4.00. The van der Waals surface area contributed by atoms with Gasteiger partial charge in [-0.15, -0.1) is 11.8 Å². The smallest absolute Gasteiger partial charge is 0.234 e. The Hall–Kier alpha value is -1.88. The van der Waals surface area contributed by atoms with Crippen molar-refractivity contribution in [3.05, 3.63) is 59.7 Å². The van der Waals surface area contributed by atoms with E-state index in [1.165, 1.54) is 17.8 Å². The molecular weight excluding hydrogens is 280 g/mol. The number of amides is 1. The van der Waals surface area contributed by atoms with Gasteiger partial charge in [0.25, 0.3) is 0 Å². The predicted molar refractivity (Wildman–Crippen MR) is 76.9 cm³/mol. The SMILES string of the molecule is Cc1ccc(SCC(=O)Nc2ccc(F)c(F)c2)cc1. The zero-order chi connectivity index (χ0) is 14.5. The second-order valence-corrected chi connectivity index (χ2v) is 5.33. The van der Waals surface area contributed by atoms with E-state index in [2.05, 4.69) is 5.32 Å². The highest BCUT2D eigenvalue weighted by molar-refractivity contribution is 8.00. The lowest BCUT2D eigenvalue weighted by atomic mass is 10.2. The fraction of sp³-hybridized carbons (Fsp3) is 0.133. The van der Waals surface area contributed by atoms with Crippen LogP contribution < -0.4 is 5.32 Å². The van der Waals surface area contributed by atoms with Crippen LogP contribution in [-0.2, 0) is 4.79 Å². The van der Waals surface area contributed by atoms with Crippen LogP contribution in [0.4, 0.5) is 14.5 Å². The lowest BCUT2D eigenvalue weighted by Crippen LogP contribution is -2.14. The van der Waals surface area contributed by atoms with Crippen molar-refractivity contribution in [3.8, 4) is 0 Å². The number of rotatable bonds is 4. The van der Waals surface area contributed by atoms with Crippen LogP contribution in [0, 0.1) is 18.6 Å². The number of benzene rings is 2. The van der Waals surface area contributed by atoms with Gasteiger partial charge >= 0.3 is 0 Å². The summed E-state index contributed by atoms with van der Waals surface area (Å²) in [6, 6.07) is 11.1. The topological polar surface area (TPSA) is 29.1 Å². The fourth-order valence-corrected chi connectivity index (χ4v) is 2.25. The Labute approximate surface area is 120 Å². The Morgan fingerprint density at radius 3 is 2.45 bits per heavy atom. The van der Waals surface area contributed by atoms with E-state index in [1.807, 2.05) is 31.2 Å². The number of carbonyl (C=O) groups excluding carboxylic acids is 1. The lowest BCUT2D eigenvalue weighted by molar-refractivity contribution is -0.113. The summed E-state index contributed by atoms with van der Waals surface area (Å²) in [5.74, 6) is -1.96. The van der Waals surface area contributed by atoms with Crippen molar-refractivity contribution < 1.29 is 13.6 Å². The summed E-state index contributed by atoms with van der Waals surface area (Å²) in [6.07, 6.45) is 0. The van der Waals surface area contributed by atoms with Crippen LogP contribution in [0.1, 0.15) is 5.56 Å². The molecule has 0 fully saturated rings. The van der Waals surface area contributed by atoms with Gasteiger partial charge in [0.15, 0.2) is 11.6 Å². The number of nitrogens with one attached hydrogen (secondary N) is 1. The van der Waals surface area contributed by atoms with Gasteiger partial charge < -0.3 is 5.32 Å². The first kappa shape index (κ1) is 14.5. The molecule has 0 bridgehead atoms. The number of hydrogen-bond acceptors (Lipinski definition) is 2. The third-order valence-corrected chi connectivity index (χ3v) is 3.61. The van der Waals surface area contributed by atoms with Gasteiger partial charge in [-0.2, -0.15) is 0 Å². The number of thioether (sulfide) groups is 1. The molecule has 0 aliphatic rings. The maximum absolute atomic E-state index is 13.0. The monoisotopic (exact) mass is 293 g/mol. The molecular formula is C15H13F2NOS. The number of halogens is 2. The van der Waals surface area contributed by atoms with E-state index in [0.717, 1.165) is 22.6 Å². The lowest BCUT2D eigenvalue weighted by Gasteiger charge is -2.06. The van der Waals surface area contributed by atoms with Gasteiger partial charge in [-0.1, -0.05) is 17.7 Å². The quantitative estimate of drug-likeness (QED) is 0.863. The summed E-state index contributed by atoms with van der Waals surface area (Å²) < 4.78 is 25.7. The van der Waals surface area contributed by atoms with Gasteiger partial charge in [-0.25, -0.2) is 8.78 Å². The normalized spacial score (nSPS) is 10.3. The molecule has 0 atom stereocenters. The standard InChI is InChI=1S/C15H13F2NOS/c1-10-2-5-12(6-3-10)20-9-15(19)18-11-4-7-13(16)14(17)8-11/h2-8H,9H2,1H3,(H,18,19). The minimum absolute atomic E-state index is 0.210. The minimum atomic E-state index is -0.978. The first-order chi connectivity index (χ1) is 9.54. The van der Waals surface area contributed by atoms with E-state index in [9.17, 15) is 13.6 Å². The van der Waals surface area contributed by atoms with E-state index in [4.69, 9.17) is 0 Å². The van der Waals surface area contributed by atoms with E-state index in [-0.39, 0.29) is 17.3 Å². The molecule has 0 saturated heterocycles. The minimum Gasteiger partial charge on any atom is -0.325 e. The third kappa shape index (κ3) is 4.06. The summed E-state index contributed by atoms with van der Waals surface area (Å²) >= 11 is 1.38. The molecule has 104 valence electrons. The molecule has 1 amide bonds. The molecule has 2 aromatic carbocycles. The number of hydrogen-bond donors (Lipinski definition) is 1. The van der Waals surface area contributed by atoms with Crippen LogP contribution in [0.2, 0.25) is 0 Å². The molecule has 0 spiro atoms. The summed E-state index contributed by atoms with van der Waals surface area (Å²) in [4.78, 5) is 12.7. The molecule has 0 saturated carbocycles. The Morgan fingerprint density at radius 1 is 1.10 bits per heavy atom. The van der Waals surface area contributed by atoms with Crippen molar-refractivity contribution in [1.29, 1.82) is 0 Å². The summed E-state index contributed by atoms with van der Waals surface area (Å²) in [5.41, 5.74) is 1.40. The molecule has 1 N–H and O–H groups in total.